The van der Waals surface area contributed by atoms with Crippen LogP contribution >= 0.6 is 22.9 Å². The third-order valence-electron chi connectivity index (χ3n) is 4.86. The number of aromatic nitrogens is 4. The predicted molar refractivity (Wildman–Crippen MR) is 130 cm³/mol. The second kappa shape index (κ2) is 8.53. The lowest BCUT2D eigenvalue weighted by Gasteiger charge is -2.09. The highest BCUT2D eigenvalue weighted by Crippen LogP contribution is 2.39. The summed E-state index contributed by atoms with van der Waals surface area (Å²) >= 11 is 7.38. The fraction of sp³-hybridized carbons (Fsp3) is 0.0435. The molecule has 0 aliphatic heterocycles. The van der Waals surface area contributed by atoms with Crippen molar-refractivity contribution < 1.29 is 9.53 Å². The van der Waals surface area contributed by atoms with Crippen molar-refractivity contribution in [3.8, 4) is 21.9 Å². The first-order valence-corrected chi connectivity index (χ1v) is 11.0. The van der Waals surface area contributed by atoms with Crippen LogP contribution in [0, 0.1) is 0 Å². The van der Waals surface area contributed by atoms with Crippen LogP contribution in [-0.2, 0) is 7.05 Å². The topological polar surface area (TPSA) is 108 Å². The number of amides is 1. The predicted octanol–water partition coefficient (Wildman–Crippen LogP) is 5.37. The van der Waals surface area contributed by atoms with Crippen LogP contribution in [0.25, 0.3) is 20.7 Å². The van der Waals surface area contributed by atoms with Crippen molar-refractivity contribution >= 4 is 50.6 Å². The normalized spacial score (nSPS) is 11.0. The second-order valence-electron chi connectivity index (χ2n) is 7.19. The summed E-state index contributed by atoms with van der Waals surface area (Å²) in [5, 5.41) is 8.27. The van der Waals surface area contributed by atoms with Gasteiger partial charge in [-0.05, 0) is 42.5 Å². The molecule has 0 unspecified atom stereocenters. The number of rotatable bonds is 5. The van der Waals surface area contributed by atoms with Crippen LogP contribution in [0.3, 0.4) is 0 Å². The van der Waals surface area contributed by atoms with Gasteiger partial charge in [-0.1, -0.05) is 17.7 Å². The summed E-state index contributed by atoms with van der Waals surface area (Å²) in [6.07, 6.45) is 4.93. The molecule has 0 atom stereocenters. The summed E-state index contributed by atoms with van der Waals surface area (Å²) in [5.74, 6) is 1.18. The van der Waals surface area contributed by atoms with Crippen molar-refractivity contribution in [2.75, 3.05) is 11.1 Å². The van der Waals surface area contributed by atoms with Gasteiger partial charge in [0, 0.05) is 29.5 Å². The van der Waals surface area contributed by atoms with E-state index in [2.05, 4.69) is 20.4 Å². The maximum Gasteiger partial charge on any atom is 0.257 e. The molecule has 3 heterocycles. The van der Waals surface area contributed by atoms with Crippen LogP contribution in [0.15, 0.2) is 67.3 Å². The highest BCUT2D eigenvalue weighted by Gasteiger charge is 2.24. The van der Waals surface area contributed by atoms with Crippen LogP contribution in [0.2, 0.25) is 5.02 Å². The Morgan fingerprint density at radius 1 is 1.15 bits per heavy atom. The molecule has 0 spiro atoms. The molecule has 8 nitrogen and oxygen atoms in total. The van der Waals surface area contributed by atoms with Gasteiger partial charge < -0.3 is 15.8 Å². The largest absolute Gasteiger partial charge is 0.457 e. The number of hydrogen-bond donors (Lipinski definition) is 2. The molecule has 0 saturated heterocycles. The Balaban J connectivity index is 1.44. The zero-order chi connectivity index (χ0) is 22.9. The van der Waals surface area contributed by atoms with Crippen LogP contribution in [0.1, 0.15) is 10.4 Å². The number of carbonyl (C=O) groups is 1. The number of nitrogens with two attached hydrogens (primary N) is 1. The summed E-state index contributed by atoms with van der Waals surface area (Å²) in [7, 11) is 1.82. The van der Waals surface area contributed by atoms with E-state index in [1.165, 1.54) is 17.7 Å². The molecule has 0 radical (unpaired) electrons. The van der Waals surface area contributed by atoms with Crippen LogP contribution in [-0.4, -0.2) is 25.7 Å². The number of nitrogens with zero attached hydrogens (tertiary/aromatic N) is 4. The van der Waals surface area contributed by atoms with Crippen molar-refractivity contribution in [1.82, 2.24) is 19.7 Å². The van der Waals surface area contributed by atoms with Crippen molar-refractivity contribution in [2.24, 2.45) is 7.05 Å². The van der Waals surface area contributed by atoms with Gasteiger partial charge in [0.15, 0.2) is 0 Å². The van der Waals surface area contributed by atoms with E-state index in [1.807, 2.05) is 25.4 Å². The van der Waals surface area contributed by atoms with Gasteiger partial charge >= 0.3 is 0 Å². The first-order valence-electron chi connectivity index (χ1n) is 9.85. The van der Waals surface area contributed by atoms with E-state index in [0.29, 0.717) is 38.0 Å². The zero-order valence-corrected chi connectivity index (χ0v) is 18.9. The van der Waals surface area contributed by atoms with Gasteiger partial charge in [0.1, 0.15) is 28.5 Å². The Morgan fingerprint density at radius 2 is 1.97 bits per heavy atom. The van der Waals surface area contributed by atoms with Gasteiger partial charge in [-0.2, -0.15) is 5.10 Å². The zero-order valence-electron chi connectivity index (χ0n) is 17.3. The molecule has 5 aromatic rings. The lowest BCUT2D eigenvalue weighted by atomic mass is 10.1. The molecule has 1 amide bonds. The van der Waals surface area contributed by atoms with Crippen LogP contribution in [0.4, 0.5) is 11.5 Å². The highest BCUT2D eigenvalue weighted by atomic mass is 35.5. The molecule has 0 aliphatic carbocycles. The number of nitrogen functional groups attached to an aromatic ring is 1. The van der Waals surface area contributed by atoms with Crippen molar-refractivity contribution in [3.63, 3.8) is 0 Å². The third kappa shape index (κ3) is 4.23. The smallest absolute Gasteiger partial charge is 0.257 e. The third-order valence-corrected chi connectivity index (χ3v) is 6.24. The Labute approximate surface area is 197 Å². The van der Waals surface area contributed by atoms with E-state index in [-0.39, 0.29) is 11.7 Å². The first-order chi connectivity index (χ1) is 16.0. The summed E-state index contributed by atoms with van der Waals surface area (Å²) in [4.78, 5) is 23.1. The number of nitrogens with one attached hydrogen (secondary N) is 1. The van der Waals surface area contributed by atoms with E-state index in [4.69, 9.17) is 22.1 Å². The van der Waals surface area contributed by atoms with Gasteiger partial charge in [-0.3, -0.25) is 9.48 Å². The van der Waals surface area contributed by atoms with Crippen molar-refractivity contribution in [1.29, 1.82) is 0 Å². The quantitative estimate of drug-likeness (QED) is 0.353. The van der Waals surface area contributed by atoms with E-state index in [1.54, 1.807) is 47.3 Å². The number of fused-ring (bicyclic) bond motifs is 1. The number of benzene rings is 2. The molecule has 3 N–H and O–H groups in total. The molecule has 5 rings (SSSR count). The molecule has 164 valence electrons. The summed E-state index contributed by atoms with van der Waals surface area (Å²) in [6.45, 7) is 0. The fourth-order valence-electron chi connectivity index (χ4n) is 3.38. The SMILES string of the molecule is Cn1cc(-c2sc3ncnc(N)c3c2C(=O)Nc2ccc(Oc3cccc(Cl)c3)cc2)cn1. The molecule has 2 aromatic carbocycles. The number of halogens is 1. The fourth-order valence-corrected chi connectivity index (χ4v) is 4.68. The number of carbonyl (C=O) groups excluding carboxylic acids is 1. The average molecular weight is 477 g/mol. The minimum Gasteiger partial charge on any atom is -0.457 e. The van der Waals surface area contributed by atoms with Crippen LogP contribution < -0.4 is 15.8 Å². The molecule has 10 heteroatoms. The Bertz CT molecular complexity index is 1480. The van der Waals surface area contributed by atoms with Gasteiger partial charge in [-0.15, -0.1) is 11.3 Å². The maximum atomic E-state index is 13.4. The van der Waals surface area contributed by atoms with Gasteiger partial charge in [0.05, 0.1) is 22.0 Å². The summed E-state index contributed by atoms with van der Waals surface area (Å²) in [5.41, 5.74) is 7.94. The molecular weight excluding hydrogens is 460 g/mol. The van der Waals surface area contributed by atoms with E-state index in [0.717, 1.165) is 10.4 Å². The number of anilines is 2. The van der Waals surface area contributed by atoms with E-state index < -0.39 is 0 Å². The molecule has 0 saturated carbocycles. The van der Waals surface area contributed by atoms with Gasteiger partial charge in [0.25, 0.3) is 5.91 Å². The number of thiophene rings is 1. The number of ether oxygens (including phenoxy) is 1. The maximum absolute atomic E-state index is 13.4. The molecular formula is C23H17ClN6O2S. The van der Waals surface area contributed by atoms with Crippen molar-refractivity contribution in [2.45, 2.75) is 0 Å². The molecule has 0 fully saturated rings. The number of aryl methyl sites for hydroxylation is 1. The highest BCUT2D eigenvalue weighted by molar-refractivity contribution is 7.22. The lowest BCUT2D eigenvalue weighted by Crippen LogP contribution is -2.13. The Morgan fingerprint density at radius 3 is 2.70 bits per heavy atom. The Kier molecular flexibility index (Phi) is 5.41. The van der Waals surface area contributed by atoms with Gasteiger partial charge in [0.2, 0.25) is 0 Å². The van der Waals surface area contributed by atoms with Crippen LogP contribution in [0.5, 0.6) is 11.5 Å². The molecule has 0 aliphatic rings. The number of hydrogen-bond acceptors (Lipinski definition) is 7. The summed E-state index contributed by atoms with van der Waals surface area (Å²) in [6, 6.07) is 14.2. The standard InChI is InChI=1S/C23H17ClN6O2S/c1-30-11-13(10-28-30)20-18(19-21(25)26-12-27-23(19)33-20)22(31)29-15-5-7-16(8-6-15)32-17-4-2-3-14(24)9-17/h2-12H,1H3,(H,29,31)(H2,25,26,27). The minimum atomic E-state index is -0.315. The second-order valence-corrected chi connectivity index (χ2v) is 8.62. The molecule has 33 heavy (non-hydrogen) atoms. The lowest BCUT2D eigenvalue weighted by molar-refractivity contribution is 0.102. The Hall–Kier alpha value is -3.95. The minimum absolute atomic E-state index is 0.252. The molecule has 0 bridgehead atoms. The first kappa shape index (κ1) is 20.9. The van der Waals surface area contributed by atoms with E-state index >= 15 is 0 Å². The summed E-state index contributed by atoms with van der Waals surface area (Å²) < 4.78 is 7.48. The van der Waals surface area contributed by atoms with Crippen molar-refractivity contribution in [3.05, 3.63) is 77.8 Å². The molecule has 3 aromatic heterocycles. The monoisotopic (exact) mass is 476 g/mol. The van der Waals surface area contributed by atoms with Gasteiger partial charge in [-0.25, -0.2) is 9.97 Å². The van der Waals surface area contributed by atoms with E-state index in [9.17, 15) is 4.79 Å². The average Bonchev–Trinajstić information content (AvgIpc) is 3.39.